The van der Waals surface area contributed by atoms with Gasteiger partial charge in [0, 0.05) is 38.2 Å². The van der Waals surface area contributed by atoms with Crippen LogP contribution in [0.2, 0.25) is 0 Å². The van der Waals surface area contributed by atoms with Gasteiger partial charge in [0.25, 0.3) is 0 Å². The summed E-state index contributed by atoms with van der Waals surface area (Å²) in [6, 6.07) is 6.37. The third kappa shape index (κ3) is 4.74. The number of hydrogen-bond donors (Lipinski definition) is 0. The van der Waals surface area contributed by atoms with Gasteiger partial charge in [-0.1, -0.05) is 12.1 Å². The van der Waals surface area contributed by atoms with Gasteiger partial charge in [0.15, 0.2) is 11.6 Å². The number of thioether (sulfide) groups is 1. The highest BCUT2D eigenvalue weighted by molar-refractivity contribution is 7.98. The van der Waals surface area contributed by atoms with Crippen molar-refractivity contribution in [2.24, 2.45) is 0 Å². The maximum absolute atomic E-state index is 13.6. The van der Waals surface area contributed by atoms with E-state index in [1.165, 1.54) is 30.1 Å². The minimum Gasteiger partial charge on any atom is -0.343 e. The van der Waals surface area contributed by atoms with Gasteiger partial charge in [-0.25, -0.2) is 18.7 Å². The lowest BCUT2D eigenvalue weighted by Gasteiger charge is -2.35. The van der Waals surface area contributed by atoms with Crippen molar-refractivity contribution in [3.05, 3.63) is 47.7 Å². The van der Waals surface area contributed by atoms with Crippen LogP contribution >= 0.6 is 11.8 Å². The molecule has 0 radical (unpaired) electrons. The van der Waals surface area contributed by atoms with Gasteiger partial charge in [0.2, 0.25) is 5.95 Å². The number of benzene rings is 1. The van der Waals surface area contributed by atoms with Gasteiger partial charge in [-0.2, -0.15) is 0 Å². The molecule has 2 saturated heterocycles. The Morgan fingerprint density at radius 3 is 2.43 bits per heavy atom. The summed E-state index contributed by atoms with van der Waals surface area (Å²) in [6.45, 7) is 5.40. The van der Waals surface area contributed by atoms with E-state index in [-0.39, 0.29) is 11.6 Å². The Balaban J connectivity index is 1.29. The summed E-state index contributed by atoms with van der Waals surface area (Å²) < 4.78 is 38.8. The average molecular weight is 437 g/mol. The molecule has 0 saturated carbocycles. The van der Waals surface area contributed by atoms with E-state index in [0.717, 1.165) is 51.1 Å². The second-order valence-corrected chi connectivity index (χ2v) is 8.21. The van der Waals surface area contributed by atoms with Crippen LogP contribution in [0.25, 0.3) is 0 Å². The van der Waals surface area contributed by atoms with Crippen LogP contribution < -0.4 is 4.90 Å². The first kappa shape index (κ1) is 21.4. The summed E-state index contributed by atoms with van der Waals surface area (Å²) in [4.78, 5) is 13.0. The number of hydrogen-bond acceptors (Lipinski definition) is 7. The quantitative estimate of drug-likeness (QED) is 0.488. The molecule has 0 aliphatic carbocycles. The number of ether oxygens (including phenoxy) is 2. The zero-order valence-electron chi connectivity index (χ0n) is 17.0. The van der Waals surface area contributed by atoms with E-state index in [9.17, 15) is 8.78 Å². The van der Waals surface area contributed by atoms with Crippen molar-refractivity contribution in [1.82, 2.24) is 14.9 Å². The van der Waals surface area contributed by atoms with Crippen molar-refractivity contribution in [2.45, 2.75) is 23.7 Å². The topological polar surface area (TPSA) is 50.7 Å². The average Bonchev–Trinajstić information content (AvgIpc) is 3.25. The molecule has 9 heteroatoms. The second kappa shape index (κ2) is 9.55. The summed E-state index contributed by atoms with van der Waals surface area (Å²) in [5, 5.41) is 0.380. The van der Waals surface area contributed by atoms with Crippen LogP contribution in [0.15, 0.2) is 35.5 Å². The van der Waals surface area contributed by atoms with Crippen molar-refractivity contribution < 1.29 is 18.3 Å². The van der Waals surface area contributed by atoms with Crippen molar-refractivity contribution in [3.8, 4) is 0 Å². The molecule has 3 heterocycles. The molecule has 162 valence electrons. The maximum atomic E-state index is 13.6. The fourth-order valence-electron chi connectivity index (χ4n) is 3.96. The normalized spacial score (nSPS) is 19.4. The molecule has 30 heavy (non-hydrogen) atoms. The molecule has 2 fully saturated rings. The number of piperazine rings is 1. The lowest BCUT2D eigenvalue weighted by Crippen LogP contribution is -2.47. The Kier molecular flexibility index (Phi) is 6.82. The molecule has 0 amide bonds. The minimum atomic E-state index is -0.772. The van der Waals surface area contributed by atoms with Gasteiger partial charge in [-0.15, -0.1) is 11.8 Å². The molecule has 0 atom stereocenters. The minimum absolute atomic E-state index is 0.264. The largest absolute Gasteiger partial charge is 0.343 e. The van der Waals surface area contributed by atoms with Crippen LogP contribution in [0, 0.1) is 11.6 Å². The van der Waals surface area contributed by atoms with E-state index in [0.29, 0.717) is 24.2 Å². The zero-order valence-corrected chi connectivity index (χ0v) is 17.8. The molecule has 0 N–H and O–H groups in total. The summed E-state index contributed by atoms with van der Waals surface area (Å²) in [5.74, 6) is -0.828. The van der Waals surface area contributed by atoms with Crippen molar-refractivity contribution in [1.29, 1.82) is 0 Å². The third-order valence-electron chi connectivity index (χ3n) is 5.57. The first-order chi connectivity index (χ1) is 14.6. The first-order valence-corrected chi connectivity index (χ1v) is 11.4. The first-order valence-electron chi connectivity index (χ1n) is 10.2. The smallest absolute Gasteiger partial charge is 0.226 e. The SMILES string of the molecule is CSc1nc(N2CCN(CCCC3(c4ccc(F)cc4)OCCO3)CC2)ncc1F. The van der Waals surface area contributed by atoms with Crippen molar-refractivity contribution in [3.63, 3.8) is 0 Å². The fourth-order valence-corrected chi connectivity index (χ4v) is 4.38. The number of rotatable bonds is 7. The highest BCUT2D eigenvalue weighted by Crippen LogP contribution is 2.36. The van der Waals surface area contributed by atoms with Crippen LogP contribution in [0.5, 0.6) is 0 Å². The summed E-state index contributed by atoms with van der Waals surface area (Å²) in [5.41, 5.74) is 0.865. The highest BCUT2D eigenvalue weighted by atomic mass is 32.2. The van der Waals surface area contributed by atoms with Gasteiger partial charge in [0.05, 0.1) is 19.4 Å². The van der Waals surface area contributed by atoms with Crippen molar-refractivity contribution >= 4 is 17.7 Å². The van der Waals surface area contributed by atoms with Crippen LogP contribution in [0.4, 0.5) is 14.7 Å². The Bertz CT molecular complexity index is 841. The molecule has 1 aromatic carbocycles. The van der Waals surface area contributed by atoms with Crippen LogP contribution in [-0.2, 0) is 15.3 Å². The molecule has 2 aliphatic heterocycles. The van der Waals surface area contributed by atoms with E-state index in [1.807, 2.05) is 6.26 Å². The van der Waals surface area contributed by atoms with Gasteiger partial charge < -0.3 is 14.4 Å². The molecular formula is C21H26F2N4O2S. The standard InChI is InChI=1S/C21H26F2N4O2S/c1-30-19-18(23)15-24-20(25-19)27-11-9-26(10-12-27)8-2-7-21(28-13-14-29-21)16-3-5-17(22)6-4-16/h3-6,15H,2,7-14H2,1H3. The predicted octanol–water partition coefficient (Wildman–Crippen LogP) is 3.28. The van der Waals surface area contributed by atoms with E-state index in [4.69, 9.17) is 9.47 Å². The van der Waals surface area contributed by atoms with E-state index < -0.39 is 5.79 Å². The molecule has 4 rings (SSSR count). The Morgan fingerprint density at radius 2 is 1.77 bits per heavy atom. The Labute approximate surface area is 179 Å². The molecule has 2 aliphatic rings. The maximum Gasteiger partial charge on any atom is 0.226 e. The second-order valence-electron chi connectivity index (χ2n) is 7.42. The number of aromatic nitrogens is 2. The number of anilines is 1. The molecule has 6 nitrogen and oxygen atoms in total. The summed E-state index contributed by atoms with van der Waals surface area (Å²) >= 11 is 1.29. The van der Waals surface area contributed by atoms with Crippen LogP contribution in [0.3, 0.4) is 0 Å². The van der Waals surface area contributed by atoms with Crippen LogP contribution in [-0.4, -0.2) is 67.1 Å². The van der Waals surface area contributed by atoms with Gasteiger partial charge in [-0.05, 0) is 31.4 Å². The molecule has 0 bridgehead atoms. The van der Waals surface area contributed by atoms with Gasteiger partial charge in [-0.3, -0.25) is 4.90 Å². The van der Waals surface area contributed by atoms with Gasteiger partial charge >= 0.3 is 0 Å². The molecule has 0 spiro atoms. The molecular weight excluding hydrogens is 410 g/mol. The number of halogens is 2. The molecule has 0 unspecified atom stereocenters. The monoisotopic (exact) mass is 436 g/mol. The lowest BCUT2D eigenvalue weighted by atomic mass is 10.00. The zero-order chi connectivity index (χ0) is 21.0. The van der Waals surface area contributed by atoms with E-state index in [1.54, 1.807) is 12.1 Å². The summed E-state index contributed by atoms with van der Waals surface area (Å²) in [7, 11) is 0. The Morgan fingerprint density at radius 1 is 1.07 bits per heavy atom. The van der Waals surface area contributed by atoms with Crippen molar-refractivity contribution in [2.75, 3.05) is 57.1 Å². The van der Waals surface area contributed by atoms with E-state index in [2.05, 4.69) is 19.8 Å². The third-order valence-corrected chi connectivity index (χ3v) is 6.24. The van der Waals surface area contributed by atoms with Gasteiger partial charge in [0.1, 0.15) is 10.8 Å². The lowest BCUT2D eigenvalue weighted by molar-refractivity contribution is -0.172. The molecule has 1 aromatic heterocycles. The highest BCUT2D eigenvalue weighted by Gasteiger charge is 2.38. The fraction of sp³-hybridized carbons (Fsp3) is 0.524. The number of nitrogens with zero attached hydrogens (tertiary/aromatic N) is 4. The summed E-state index contributed by atoms with van der Waals surface area (Å²) in [6.07, 6.45) is 4.68. The molecule has 2 aromatic rings. The predicted molar refractivity (Wildman–Crippen MR) is 112 cm³/mol. The van der Waals surface area contributed by atoms with Crippen LogP contribution in [0.1, 0.15) is 18.4 Å². The Hall–Kier alpha value is -1.81. The van der Waals surface area contributed by atoms with E-state index >= 15 is 0 Å².